The molecule has 0 unspecified atom stereocenters. The molecule has 41 heavy (non-hydrogen) atoms. The number of aliphatic hydroxyl groups excluding tert-OH is 3. The number of nitrogens with one attached hydrogen (secondary N) is 2. The van der Waals surface area contributed by atoms with Gasteiger partial charge in [-0.05, 0) is 31.5 Å². The van der Waals surface area contributed by atoms with Gasteiger partial charge in [0.2, 0.25) is 5.95 Å². The van der Waals surface area contributed by atoms with Gasteiger partial charge in [0.1, 0.15) is 33.9 Å². The highest BCUT2D eigenvalue weighted by Gasteiger charge is 2.41. The molecule has 5 N–H and O–H groups in total. The van der Waals surface area contributed by atoms with Crippen molar-refractivity contribution in [2.75, 3.05) is 24.4 Å². The minimum atomic E-state index is -4.83. The normalized spacial score (nSPS) is 20.8. The van der Waals surface area contributed by atoms with E-state index < -0.39 is 36.3 Å². The molecule has 1 aromatic carbocycles. The Hall–Kier alpha value is -3.79. The summed E-state index contributed by atoms with van der Waals surface area (Å²) in [6, 6.07) is 4.99. The summed E-state index contributed by atoms with van der Waals surface area (Å²) in [5.41, 5.74) is 2.38. The van der Waals surface area contributed by atoms with E-state index in [-0.39, 0.29) is 24.8 Å². The molecule has 0 spiro atoms. The molecule has 1 aliphatic rings. The van der Waals surface area contributed by atoms with Crippen LogP contribution in [-0.2, 0) is 6.54 Å². The maximum absolute atomic E-state index is 12.6. The first-order valence-corrected chi connectivity index (χ1v) is 13.4. The van der Waals surface area contributed by atoms with Crippen molar-refractivity contribution in [3.8, 4) is 22.1 Å². The average molecular weight is 593 g/mol. The van der Waals surface area contributed by atoms with Gasteiger partial charge in [0.25, 0.3) is 0 Å². The lowest BCUT2D eigenvalue weighted by Crippen LogP contribution is -2.35. The third-order valence-corrected chi connectivity index (χ3v) is 7.84. The van der Waals surface area contributed by atoms with E-state index in [2.05, 4.69) is 35.3 Å². The van der Waals surface area contributed by atoms with Crippen molar-refractivity contribution in [2.24, 2.45) is 5.92 Å². The van der Waals surface area contributed by atoms with Crippen LogP contribution in [0, 0.1) is 12.8 Å². The molecule has 1 saturated carbocycles. The molecular weight excluding hydrogens is 565 g/mol. The number of alkyl halides is 3. The number of ether oxygens (including phenoxy) is 2. The fourth-order valence-electron chi connectivity index (χ4n) is 4.77. The fraction of sp³-hybridized carbons (Fsp3) is 0.385. The number of aliphatic hydroxyl groups is 3. The number of fused-ring (bicyclic) bond motifs is 1. The second kappa shape index (κ2) is 11.6. The Kier molecular flexibility index (Phi) is 8.13. The Morgan fingerprint density at radius 1 is 1.12 bits per heavy atom. The summed E-state index contributed by atoms with van der Waals surface area (Å²) in [4.78, 5) is 18.0. The summed E-state index contributed by atoms with van der Waals surface area (Å²) in [5.74, 6) is -0.196. The summed E-state index contributed by atoms with van der Waals surface area (Å²) in [6.07, 6.45) is -3.46. The van der Waals surface area contributed by atoms with E-state index in [4.69, 9.17) is 4.74 Å². The van der Waals surface area contributed by atoms with Crippen LogP contribution >= 0.6 is 11.3 Å². The summed E-state index contributed by atoms with van der Waals surface area (Å²) in [5, 5.41) is 37.5. The number of aryl methyl sites for hydroxylation is 1. The van der Waals surface area contributed by atoms with Gasteiger partial charge in [0.05, 0.1) is 41.4 Å². The Labute approximate surface area is 236 Å². The third-order valence-electron chi connectivity index (χ3n) is 6.78. The molecule has 15 heteroatoms. The van der Waals surface area contributed by atoms with Crippen molar-refractivity contribution in [3.05, 3.63) is 47.9 Å². The molecule has 3 aromatic heterocycles. The zero-order chi connectivity index (χ0) is 29.3. The molecule has 218 valence electrons. The van der Waals surface area contributed by atoms with Gasteiger partial charge in [-0.25, -0.2) is 9.97 Å². The van der Waals surface area contributed by atoms with E-state index in [9.17, 15) is 28.5 Å². The van der Waals surface area contributed by atoms with Gasteiger partial charge in [-0.15, -0.1) is 24.5 Å². The van der Waals surface area contributed by atoms with Crippen molar-refractivity contribution in [2.45, 2.75) is 44.5 Å². The molecule has 4 aromatic rings. The molecule has 0 radical (unpaired) electrons. The Morgan fingerprint density at radius 2 is 1.93 bits per heavy atom. The number of thiazole rings is 1. The van der Waals surface area contributed by atoms with Gasteiger partial charge >= 0.3 is 6.36 Å². The average Bonchev–Trinajstić information content (AvgIpc) is 3.47. The molecule has 0 aliphatic heterocycles. The van der Waals surface area contributed by atoms with Crippen LogP contribution in [0.15, 0.2) is 36.7 Å². The topological polar surface area (TPSA) is 155 Å². The van der Waals surface area contributed by atoms with Crippen LogP contribution in [0.1, 0.15) is 17.7 Å². The third kappa shape index (κ3) is 6.27. The number of aromatic nitrogens is 4. The number of hydrogen-bond acceptors (Lipinski definition) is 12. The number of nitrogens with zero attached hydrogens (tertiary/aromatic N) is 4. The van der Waals surface area contributed by atoms with E-state index >= 15 is 0 Å². The second-order valence-corrected chi connectivity index (χ2v) is 10.5. The first-order chi connectivity index (χ1) is 19.6. The molecule has 1 aliphatic carbocycles. The van der Waals surface area contributed by atoms with E-state index in [1.54, 1.807) is 19.3 Å². The molecule has 3 heterocycles. The van der Waals surface area contributed by atoms with Gasteiger partial charge < -0.3 is 35.4 Å². The van der Waals surface area contributed by atoms with Gasteiger partial charge in [-0.3, -0.25) is 4.98 Å². The molecule has 4 atom stereocenters. The van der Waals surface area contributed by atoms with Crippen LogP contribution in [0.4, 0.5) is 24.9 Å². The van der Waals surface area contributed by atoms with E-state index in [0.29, 0.717) is 39.6 Å². The smallest absolute Gasteiger partial charge is 0.496 e. The molecule has 0 saturated heterocycles. The minimum absolute atomic E-state index is 0.109. The molecule has 1 fully saturated rings. The highest BCUT2D eigenvalue weighted by atomic mass is 32.1. The lowest BCUT2D eigenvalue weighted by atomic mass is 10.1. The summed E-state index contributed by atoms with van der Waals surface area (Å²) < 4.78 is 48.0. The number of methoxy groups -OCH3 is 1. The Bertz CT molecular complexity index is 1500. The largest absolute Gasteiger partial charge is 0.573 e. The summed E-state index contributed by atoms with van der Waals surface area (Å²) >= 11 is 1.42. The van der Waals surface area contributed by atoms with Crippen molar-refractivity contribution in [1.82, 2.24) is 19.9 Å². The molecular formula is C26H27F3N6O5S. The number of benzene rings is 1. The number of anilines is 2. The first kappa shape index (κ1) is 28.7. The van der Waals surface area contributed by atoms with Crippen molar-refractivity contribution < 1.29 is 38.0 Å². The van der Waals surface area contributed by atoms with Crippen LogP contribution < -0.4 is 20.1 Å². The maximum atomic E-state index is 12.6. The molecule has 0 amide bonds. The highest BCUT2D eigenvalue weighted by Crippen LogP contribution is 2.38. The van der Waals surface area contributed by atoms with Crippen LogP contribution in [0.3, 0.4) is 0 Å². The monoisotopic (exact) mass is 592 g/mol. The quantitative estimate of drug-likeness (QED) is 0.194. The van der Waals surface area contributed by atoms with Crippen molar-refractivity contribution in [1.29, 1.82) is 0 Å². The molecule has 0 bridgehead atoms. The standard InChI is InChI=1S/C26H27F3N6O5S/c1-12-20(24-34-17-10-30-6-5-19(17)41-24)23(33-16-7-14(11-36)21(37)22(16)38)35-25(32-12)31-9-13-3-4-15(8-18(13)39-2)40-26(27,28)29/h3-6,8,10,14,16,21-22,36-38H,7,9,11H2,1-2H3,(H2,31,32,33,35)/t14-,16-,21-,22+/m1/s1. The molecule has 11 nitrogen and oxygen atoms in total. The lowest BCUT2D eigenvalue weighted by Gasteiger charge is -2.21. The zero-order valence-electron chi connectivity index (χ0n) is 21.9. The van der Waals surface area contributed by atoms with Gasteiger partial charge in [0.15, 0.2) is 0 Å². The van der Waals surface area contributed by atoms with Gasteiger partial charge in [-0.2, -0.15) is 4.98 Å². The SMILES string of the molecule is COc1cc(OC(F)(F)F)ccc1CNc1nc(C)c(-c2nc3cnccc3s2)c(N[C@@H]2C[C@H](CO)[C@@H](O)[C@H]2O)n1. The van der Waals surface area contributed by atoms with Crippen LogP contribution in [0.5, 0.6) is 11.5 Å². The fourth-order valence-corrected chi connectivity index (χ4v) is 5.80. The van der Waals surface area contributed by atoms with E-state index in [0.717, 1.165) is 10.8 Å². The van der Waals surface area contributed by atoms with Gasteiger partial charge in [-0.1, -0.05) is 0 Å². The summed E-state index contributed by atoms with van der Waals surface area (Å²) in [7, 11) is 1.34. The first-order valence-electron chi connectivity index (χ1n) is 12.6. The van der Waals surface area contributed by atoms with Gasteiger partial charge in [0, 0.05) is 36.9 Å². The number of hydrogen-bond donors (Lipinski definition) is 5. The van der Waals surface area contributed by atoms with Crippen LogP contribution in [0.25, 0.3) is 20.8 Å². The Morgan fingerprint density at radius 3 is 2.61 bits per heavy atom. The minimum Gasteiger partial charge on any atom is -0.496 e. The number of pyridine rings is 1. The Balaban J connectivity index is 1.46. The highest BCUT2D eigenvalue weighted by molar-refractivity contribution is 7.21. The van der Waals surface area contributed by atoms with E-state index in [1.165, 1.54) is 30.6 Å². The second-order valence-electron chi connectivity index (χ2n) is 9.50. The number of rotatable bonds is 9. The maximum Gasteiger partial charge on any atom is 0.573 e. The van der Waals surface area contributed by atoms with E-state index in [1.807, 2.05) is 6.07 Å². The van der Waals surface area contributed by atoms with Crippen molar-refractivity contribution >= 4 is 33.3 Å². The number of halogens is 3. The lowest BCUT2D eigenvalue weighted by molar-refractivity contribution is -0.274. The molecule has 5 rings (SSSR count). The zero-order valence-corrected chi connectivity index (χ0v) is 22.7. The predicted octanol–water partition coefficient (Wildman–Crippen LogP) is 3.49. The van der Waals surface area contributed by atoms with Crippen molar-refractivity contribution in [3.63, 3.8) is 0 Å². The summed E-state index contributed by atoms with van der Waals surface area (Å²) in [6.45, 7) is 1.61. The van der Waals surface area contributed by atoms with Crippen LogP contribution in [0.2, 0.25) is 0 Å². The predicted molar refractivity (Wildman–Crippen MR) is 145 cm³/mol. The van der Waals surface area contributed by atoms with Crippen LogP contribution in [-0.4, -0.2) is 73.6 Å².